The number of nitrogens with one attached hydrogen (secondary N) is 1. The lowest BCUT2D eigenvalue weighted by Crippen LogP contribution is -2.35. The van der Waals surface area contributed by atoms with Crippen molar-refractivity contribution in [1.82, 2.24) is 0 Å². The third-order valence-corrected chi connectivity index (χ3v) is 4.61. The van der Waals surface area contributed by atoms with Crippen molar-refractivity contribution < 1.29 is 0 Å². The Hall–Kier alpha value is -1.91. The Bertz CT molecular complexity index is 925. The molecule has 0 saturated carbocycles. The van der Waals surface area contributed by atoms with Crippen molar-refractivity contribution in [3.63, 3.8) is 0 Å². The van der Waals surface area contributed by atoms with Gasteiger partial charge in [0.05, 0.1) is 5.56 Å². The van der Waals surface area contributed by atoms with Crippen LogP contribution in [0.4, 0.5) is 11.4 Å². The summed E-state index contributed by atoms with van der Waals surface area (Å²) in [6.45, 7) is 1.96. The van der Waals surface area contributed by atoms with E-state index in [0.717, 1.165) is 15.7 Å². The van der Waals surface area contributed by atoms with Crippen molar-refractivity contribution in [3.8, 4) is 11.1 Å². The minimum Gasteiger partial charge on any atom is -0.352 e. The number of hydrogen-bond donors (Lipinski definition) is 1. The molecule has 0 aromatic heterocycles. The second-order valence-electron chi connectivity index (χ2n) is 5.00. The summed E-state index contributed by atoms with van der Waals surface area (Å²) in [6.07, 6.45) is 0. The van der Waals surface area contributed by atoms with E-state index < -0.39 is 10.9 Å². The Labute approximate surface area is 140 Å². The molecule has 5 heteroatoms. The van der Waals surface area contributed by atoms with Crippen molar-refractivity contribution in [2.45, 2.75) is 6.92 Å². The van der Waals surface area contributed by atoms with Gasteiger partial charge in [-0.05, 0) is 48.4 Å². The van der Waals surface area contributed by atoms with Crippen LogP contribution < -0.4 is 16.2 Å². The van der Waals surface area contributed by atoms with Crippen LogP contribution in [0.2, 0.25) is 5.02 Å². The van der Waals surface area contributed by atoms with E-state index >= 15 is 0 Å². The summed E-state index contributed by atoms with van der Waals surface area (Å²) < 4.78 is 0.987. The predicted molar refractivity (Wildman–Crippen MR) is 94.0 cm³/mol. The lowest BCUT2D eigenvalue weighted by Gasteiger charge is -2.14. The average Bonchev–Trinajstić information content (AvgIpc) is 2.51. The van der Waals surface area contributed by atoms with Crippen molar-refractivity contribution in [2.75, 3.05) is 5.32 Å². The molecule has 1 N–H and O–H groups in total. The quantitative estimate of drug-likeness (QED) is 0.688. The molecule has 3 aromatic carbocycles. The van der Waals surface area contributed by atoms with Gasteiger partial charge in [0.15, 0.2) is 0 Å². The molecule has 0 spiro atoms. The molecule has 0 atom stereocenters. The maximum atomic E-state index is 11.9. The number of halogens is 2. The molecular formula is C17H11BrClNO2. The first-order chi connectivity index (χ1) is 10.5. The molecule has 0 bridgehead atoms. The second-order valence-corrected chi connectivity index (χ2v) is 6.29. The van der Waals surface area contributed by atoms with Gasteiger partial charge in [0.1, 0.15) is 5.69 Å². The molecule has 0 aliphatic heterocycles. The fraction of sp³-hybridized carbons (Fsp3) is 0.0588. The maximum Gasteiger partial charge on any atom is 0.250 e. The summed E-state index contributed by atoms with van der Waals surface area (Å²) in [5, 5.41) is 3.63. The van der Waals surface area contributed by atoms with Crippen molar-refractivity contribution in [3.05, 3.63) is 78.0 Å². The molecule has 3 nitrogen and oxygen atoms in total. The summed E-state index contributed by atoms with van der Waals surface area (Å²) in [5.41, 5.74) is 2.26. The first-order valence-corrected chi connectivity index (χ1v) is 7.77. The van der Waals surface area contributed by atoms with Gasteiger partial charge in [-0.1, -0.05) is 39.7 Å². The van der Waals surface area contributed by atoms with Gasteiger partial charge < -0.3 is 5.32 Å². The molecule has 3 aromatic rings. The van der Waals surface area contributed by atoms with Gasteiger partial charge in [0, 0.05) is 15.2 Å². The Balaban J connectivity index is 2.00. The van der Waals surface area contributed by atoms with E-state index in [4.69, 9.17) is 11.6 Å². The minimum absolute atomic E-state index is 0.328. The van der Waals surface area contributed by atoms with Gasteiger partial charge in [0.25, 0.3) is 5.43 Å². The van der Waals surface area contributed by atoms with Crippen LogP contribution in [-0.2, 0) is 0 Å². The third-order valence-electron chi connectivity index (χ3n) is 3.47. The lowest BCUT2D eigenvalue weighted by molar-refractivity contribution is 1.36. The van der Waals surface area contributed by atoms with E-state index in [2.05, 4.69) is 21.2 Å². The topological polar surface area (TPSA) is 46.2 Å². The molecule has 3 rings (SSSR count). The number of anilines is 2. The Morgan fingerprint density at radius 1 is 1.00 bits per heavy atom. The molecule has 110 valence electrons. The van der Waals surface area contributed by atoms with Gasteiger partial charge in [-0.2, -0.15) is 0 Å². The van der Waals surface area contributed by atoms with Crippen LogP contribution in [0.1, 0.15) is 5.56 Å². The summed E-state index contributed by atoms with van der Waals surface area (Å²) in [7, 11) is 0. The fourth-order valence-electron chi connectivity index (χ4n) is 2.27. The number of hydrogen-bond acceptors (Lipinski definition) is 3. The van der Waals surface area contributed by atoms with E-state index in [9.17, 15) is 9.59 Å². The van der Waals surface area contributed by atoms with Crippen LogP contribution in [0.3, 0.4) is 0 Å². The molecule has 22 heavy (non-hydrogen) atoms. The molecule has 0 saturated heterocycles. The van der Waals surface area contributed by atoms with Crippen LogP contribution in [-0.4, -0.2) is 0 Å². The molecule has 0 aliphatic rings. The number of aryl methyl sites for hydroxylation is 1. The van der Waals surface area contributed by atoms with E-state index in [1.165, 1.54) is 0 Å². The van der Waals surface area contributed by atoms with Crippen LogP contribution in [0, 0.1) is 6.92 Å². The van der Waals surface area contributed by atoms with Gasteiger partial charge in [0.2, 0.25) is 5.43 Å². The SMILES string of the molecule is Cc1cc(Nc2c(-c3ccc(Cl)cc3)c(=O)c2=O)ccc1Br. The predicted octanol–water partition coefficient (Wildman–Crippen LogP) is 4.42. The van der Waals surface area contributed by atoms with E-state index in [0.29, 0.717) is 21.8 Å². The molecular weight excluding hydrogens is 366 g/mol. The van der Waals surface area contributed by atoms with Crippen molar-refractivity contribution in [1.29, 1.82) is 0 Å². The summed E-state index contributed by atoms with van der Waals surface area (Å²) in [6, 6.07) is 12.5. The van der Waals surface area contributed by atoms with Crippen molar-refractivity contribution in [2.24, 2.45) is 0 Å². The molecule has 0 amide bonds. The van der Waals surface area contributed by atoms with Crippen molar-refractivity contribution >= 4 is 38.9 Å². The largest absolute Gasteiger partial charge is 0.352 e. The molecule has 0 aliphatic carbocycles. The molecule has 0 fully saturated rings. The standard InChI is InChI=1S/C17H11BrClNO2/c1-9-8-12(6-7-13(9)18)20-15-14(16(21)17(15)22)10-2-4-11(19)5-3-10/h2-8,20H,1H3. The maximum absolute atomic E-state index is 11.9. The molecule has 0 heterocycles. The fourth-order valence-corrected chi connectivity index (χ4v) is 2.64. The Kier molecular flexibility index (Phi) is 3.89. The number of benzene rings is 2. The highest BCUT2D eigenvalue weighted by Crippen LogP contribution is 2.28. The van der Waals surface area contributed by atoms with Gasteiger partial charge in [-0.3, -0.25) is 9.59 Å². The average molecular weight is 377 g/mol. The highest BCUT2D eigenvalue weighted by Gasteiger charge is 2.22. The van der Waals surface area contributed by atoms with E-state index in [1.807, 2.05) is 25.1 Å². The highest BCUT2D eigenvalue weighted by molar-refractivity contribution is 9.10. The smallest absolute Gasteiger partial charge is 0.250 e. The molecule has 0 radical (unpaired) electrons. The zero-order chi connectivity index (χ0) is 15.9. The monoisotopic (exact) mass is 375 g/mol. The van der Waals surface area contributed by atoms with Crippen LogP contribution >= 0.6 is 27.5 Å². The van der Waals surface area contributed by atoms with E-state index in [-0.39, 0.29) is 0 Å². The number of rotatable bonds is 3. The van der Waals surface area contributed by atoms with Gasteiger partial charge in [-0.25, -0.2) is 0 Å². The third kappa shape index (κ3) is 2.60. The zero-order valence-corrected chi connectivity index (χ0v) is 14.0. The van der Waals surface area contributed by atoms with Gasteiger partial charge >= 0.3 is 0 Å². The Morgan fingerprint density at radius 2 is 1.68 bits per heavy atom. The zero-order valence-electron chi connectivity index (χ0n) is 11.6. The first kappa shape index (κ1) is 15.0. The lowest BCUT2D eigenvalue weighted by atomic mass is 9.98. The highest BCUT2D eigenvalue weighted by atomic mass is 79.9. The van der Waals surface area contributed by atoms with Crippen LogP contribution in [0.25, 0.3) is 11.1 Å². The summed E-state index contributed by atoms with van der Waals surface area (Å²) in [5.74, 6) is 0. The normalized spacial score (nSPS) is 10.9. The van der Waals surface area contributed by atoms with Crippen LogP contribution in [0.5, 0.6) is 0 Å². The second kappa shape index (κ2) is 5.71. The summed E-state index contributed by atoms with van der Waals surface area (Å²) in [4.78, 5) is 23.7. The minimum atomic E-state index is -0.495. The van der Waals surface area contributed by atoms with Crippen LogP contribution in [0.15, 0.2) is 56.5 Å². The van der Waals surface area contributed by atoms with Gasteiger partial charge in [-0.15, -0.1) is 0 Å². The Morgan fingerprint density at radius 3 is 2.32 bits per heavy atom. The van der Waals surface area contributed by atoms with E-state index in [1.54, 1.807) is 24.3 Å². The molecule has 0 unspecified atom stereocenters. The first-order valence-electron chi connectivity index (χ1n) is 6.60. The summed E-state index contributed by atoms with van der Waals surface area (Å²) >= 11 is 9.28.